The molecule has 2 rings (SSSR count). The topological polar surface area (TPSA) is 58.9 Å². The fourth-order valence-corrected chi connectivity index (χ4v) is 1.54. The smallest absolute Gasteiger partial charge is 0.248 e. The maximum atomic E-state index is 12.6. The van der Waals surface area contributed by atoms with Gasteiger partial charge in [-0.3, -0.25) is 4.79 Å². The molecule has 0 saturated heterocycles. The molecule has 0 unspecified atom stereocenters. The van der Waals surface area contributed by atoms with E-state index in [0.717, 1.165) is 0 Å². The first-order valence-electron chi connectivity index (χ1n) is 4.18. The van der Waals surface area contributed by atoms with E-state index in [0.29, 0.717) is 22.2 Å². The Hall–Kier alpha value is -1.84. The van der Waals surface area contributed by atoms with Gasteiger partial charge in [0.25, 0.3) is 0 Å². The van der Waals surface area contributed by atoms with Crippen molar-refractivity contribution in [1.82, 2.24) is 4.98 Å². The first-order chi connectivity index (χ1) is 6.72. The van der Waals surface area contributed by atoms with Crippen LogP contribution in [-0.2, 0) is 6.67 Å². The summed E-state index contributed by atoms with van der Waals surface area (Å²) in [5.41, 5.74) is 6.77. The number of alkyl halides is 1. The highest BCUT2D eigenvalue weighted by atomic mass is 19.1. The van der Waals surface area contributed by atoms with Crippen LogP contribution in [0.3, 0.4) is 0 Å². The molecule has 14 heavy (non-hydrogen) atoms. The van der Waals surface area contributed by atoms with Crippen LogP contribution in [0.5, 0.6) is 0 Å². The number of H-pyrrole nitrogens is 1. The summed E-state index contributed by atoms with van der Waals surface area (Å²) in [6.45, 7) is -0.686. The van der Waals surface area contributed by atoms with Crippen LogP contribution in [0.25, 0.3) is 10.9 Å². The fourth-order valence-electron chi connectivity index (χ4n) is 1.54. The molecule has 0 radical (unpaired) electrons. The van der Waals surface area contributed by atoms with Crippen LogP contribution in [0.2, 0.25) is 0 Å². The van der Waals surface area contributed by atoms with Crippen molar-refractivity contribution in [2.24, 2.45) is 0 Å². The van der Waals surface area contributed by atoms with Crippen molar-refractivity contribution >= 4 is 16.6 Å². The van der Waals surface area contributed by atoms with Gasteiger partial charge in [0.2, 0.25) is 5.56 Å². The number of nitrogens with one attached hydrogen (secondary N) is 1. The lowest BCUT2D eigenvalue weighted by Gasteiger charge is -2.04. The molecular formula is C10H9FN2O. The lowest BCUT2D eigenvalue weighted by Crippen LogP contribution is -2.07. The highest BCUT2D eigenvalue weighted by Crippen LogP contribution is 2.22. The van der Waals surface area contributed by atoms with Crippen LogP contribution in [0, 0.1) is 0 Å². The average molecular weight is 192 g/mol. The summed E-state index contributed by atoms with van der Waals surface area (Å²) in [6.07, 6.45) is 0. The van der Waals surface area contributed by atoms with Crippen LogP contribution in [-0.4, -0.2) is 4.98 Å². The third kappa shape index (κ3) is 1.25. The number of hydrogen-bond donors (Lipinski definition) is 2. The lowest BCUT2D eigenvalue weighted by atomic mass is 10.1. The van der Waals surface area contributed by atoms with Crippen LogP contribution in [0.15, 0.2) is 29.1 Å². The molecule has 3 nitrogen and oxygen atoms in total. The predicted molar refractivity (Wildman–Crippen MR) is 53.8 cm³/mol. The molecule has 0 fully saturated rings. The van der Waals surface area contributed by atoms with E-state index in [1.807, 2.05) is 0 Å². The molecule has 0 aliphatic rings. The largest absolute Gasteiger partial charge is 0.398 e. The molecule has 72 valence electrons. The number of nitrogens with two attached hydrogens (primary N) is 1. The van der Waals surface area contributed by atoms with Crippen LogP contribution in [0.1, 0.15) is 5.56 Å². The number of halogens is 1. The lowest BCUT2D eigenvalue weighted by molar-refractivity contribution is 0.487. The molecule has 1 heterocycles. The van der Waals surface area contributed by atoms with Crippen molar-refractivity contribution in [2.45, 2.75) is 6.67 Å². The second-order valence-electron chi connectivity index (χ2n) is 3.06. The van der Waals surface area contributed by atoms with Crippen molar-refractivity contribution in [3.8, 4) is 0 Å². The molecule has 0 bridgehead atoms. The van der Waals surface area contributed by atoms with E-state index in [1.165, 1.54) is 6.07 Å². The number of hydrogen-bond acceptors (Lipinski definition) is 2. The van der Waals surface area contributed by atoms with Gasteiger partial charge in [0, 0.05) is 17.1 Å². The number of benzene rings is 1. The number of rotatable bonds is 1. The molecule has 2 aromatic rings. The van der Waals surface area contributed by atoms with Gasteiger partial charge in [-0.15, -0.1) is 0 Å². The van der Waals surface area contributed by atoms with Crippen molar-refractivity contribution in [3.63, 3.8) is 0 Å². The summed E-state index contributed by atoms with van der Waals surface area (Å²) >= 11 is 0. The Labute approximate surface area is 79.4 Å². The molecule has 0 spiro atoms. The molecule has 1 aromatic carbocycles. The second kappa shape index (κ2) is 3.14. The minimum absolute atomic E-state index is 0.309. The Kier molecular flexibility index (Phi) is 1.96. The quantitative estimate of drug-likeness (QED) is 0.674. The summed E-state index contributed by atoms with van der Waals surface area (Å²) < 4.78 is 12.6. The number of fused-ring (bicyclic) bond motifs is 1. The molecule has 0 aliphatic heterocycles. The van der Waals surface area contributed by atoms with Gasteiger partial charge in [-0.2, -0.15) is 0 Å². The molecular weight excluding hydrogens is 183 g/mol. The predicted octanol–water partition coefficient (Wildman–Crippen LogP) is 1.58. The van der Waals surface area contributed by atoms with E-state index in [4.69, 9.17) is 5.73 Å². The first-order valence-corrected chi connectivity index (χ1v) is 4.18. The van der Waals surface area contributed by atoms with Gasteiger partial charge < -0.3 is 10.7 Å². The minimum atomic E-state index is -0.686. The van der Waals surface area contributed by atoms with Crippen LogP contribution in [0.4, 0.5) is 10.1 Å². The molecule has 1 aromatic heterocycles. The van der Waals surface area contributed by atoms with E-state index in [-0.39, 0.29) is 5.56 Å². The summed E-state index contributed by atoms with van der Waals surface area (Å²) in [6, 6.07) is 6.33. The zero-order chi connectivity index (χ0) is 10.1. The van der Waals surface area contributed by atoms with Crippen LogP contribution < -0.4 is 11.3 Å². The maximum absolute atomic E-state index is 12.6. The normalized spacial score (nSPS) is 10.6. The van der Waals surface area contributed by atoms with Gasteiger partial charge >= 0.3 is 0 Å². The fraction of sp³-hybridized carbons (Fsp3) is 0.100. The van der Waals surface area contributed by atoms with E-state index in [2.05, 4.69) is 4.98 Å². The molecule has 0 aliphatic carbocycles. The monoisotopic (exact) mass is 192 g/mol. The maximum Gasteiger partial charge on any atom is 0.248 e. The molecule has 4 heteroatoms. The number of anilines is 1. The van der Waals surface area contributed by atoms with Crippen molar-refractivity contribution < 1.29 is 4.39 Å². The average Bonchev–Trinajstić information content (AvgIpc) is 2.16. The zero-order valence-electron chi connectivity index (χ0n) is 7.38. The van der Waals surface area contributed by atoms with Crippen molar-refractivity contribution in [3.05, 3.63) is 40.2 Å². The van der Waals surface area contributed by atoms with Gasteiger partial charge in [0.05, 0.1) is 5.52 Å². The Bertz CT molecular complexity index is 533. The third-order valence-electron chi connectivity index (χ3n) is 2.12. The third-order valence-corrected chi connectivity index (χ3v) is 2.12. The van der Waals surface area contributed by atoms with E-state index in [1.54, 1.807) is 18.2 Å². The summed E-state index contributed by atoms with van der Waals surface area (Å²) in [5, 5.41) is 0.592. The molecule has 0 atom stereocenters. The Balaban J connectivity index is 2.96. The number of nitrogen functional groups attached to an aromatic ring is 1. The van der Waals surface area contributed by atoms with E-state index < -0.39 is 6.67 Å². The highest BCUT2D eigenvalue weighted by molar-refractivity contribution is 5.92. The molecule has 3 N–H and O–H groups in total. The van der Waals surface area contributed by atoms with Crippen molar-refractivity contribution in [1.29, 1.82) is 0 Å². The number of pyridine rings is 1. The molecule has 0 amide bonds. The standard InChI is InChI=1S/C10H9FN2O/c11-5-6-4-9(14)13-8-3-1-2-7(12)10(6)8/h1-4H,5,12H2,(H,13,14). The van der Waals surface area contributed by atoms with Crippen molar-refractivity contribution in [2.75, 3.05) is 5.73 Å². The van der Waals surface area contributed by atoms with Gasteiger partial charge in [0.15, 0.2) is 0 Å². The van der Waals surface area contributed by atoms with Gasteiger partial charge in [-0.05, 0) is 17.7 Å². The Morgan fingerprint density at radius 2 is 2.21 bits per heavy atom. The second-order valence-corrected chi connectivity index (χ2v) is 3.06. The van der Waals surface area contributed by atoms with Crippen LogP contribution >= 0.6 is 0 Å². The summed E-state index contributed by atoms with van der Waals surface area (Å²) in [7, 11) is 0. The van der Waals surface area contributed by atoms with E-state index in [9.17, 15) is 9.18 Å². The molecule has 0 saturated carbocycles. The first kappa shape index (κ1) is 8.74. The van der Waals surface area contributed by atoms with E-state index >= 15 is 0 Å². The number of aromatic amines is 1. The SMILES string of the molecule is Nc1cccc2[nH]c(=O)cc(CF)c12. The summed E-state index contributed by atoms with van der Waals surface area (Å²) in [4.78, 5) is 13.7. The Morgan fingerprint density at radius 1 is 1.43 bits per heavy atom. The van der Waals surface area contributed by atoms with Gasteiger partial charge in [-0.25, -0.2) is 4.39 Å². The zero-order valence-corrected chi connectivity index (χ0v) is 7.38. The highest BCUT2D eigenvalue weighted by Gasteiger charge is 2.05. The minimum Gasteiger partial charge on any atom is -0.398 e. The van der Waals surface area contributed by atoms with Gasteiger partial charge in [-0.1, -0.05) is 6.07 Å². The summed E-state index contributed by atoms with van der Waals surface area (Å²) in [5.74, 6) is 0. The Morgan fingerprint density at radius 3 is 2.93 bits per heavy atom. The number of aromatic nitrogens is 1. The van der Waals surface area contributed by atoms with Gasteiger partial charge in [0.1, 0.15) is 6.67 Å².